The Hall–Kier alpha value is -0.510. The Bertz CT molecular complexity index is 295. The second kappa shape index (κ2) is 6.94. The molecule has 0 saturated heterocycles. The molecule has 3 N–H and O–H groups in total. The molecule has 0 aliphatic carbocycles. The summed E-state index contributed by atoms with van der Waals surface area (Å²) in [6.07, 6.45) is 3.10. The summed E-state index contributed by atoms with van der Waals surface area (Å²) < 4.78 is 0. The van der Waals surface area contributed by atoms with Crippen molar-refractivity contribution in [1.82, 2.24) is 5.43 Å². The van der Waals surface area contributed by atoms with Crippen molar-refractivity contribution in [2.45, 2.75) is 32.2 Å². The van der Waals surface area contributed by atoms with Crippen LogP contribution in [0.1, 0.15) is 30.9 Å². The highest BCUT2D eigenvalue weighted by Crippen LogP contribution is 2.15. The van der Waals surface area contributed by atoms with E-state index in [0.717, 1.165) is 12.2 Å². The molecule has 0 fully saturated rings. The summed E-state index contributed by atoms with van der Waals surface area (Å²) in [6.45, 7) is 4.43. The largest absolute Gasteiger partial charge is 0.271 e. The van der Waals surface area contributed by atoms with Crippen molar-refractivity contribution in [1.29, 1.82) is 0 Å². The van der Waals surface area contributed by atoms with Crippen molar-refractivity contribution in [2.24, 2.45) is 5.84 Å². The molecule has 3 heteroatoms. The minimum atomic E-state index is 0.361. The zero-order valence-corrected chi connectivity index (χ0v) is 11.2. The summed E-state index contributed by atoms with van der Waals surface area (Å²) in [4.78, 5) is 0. The molecule has 90 valence electrons. The van der Waals surface area contributed by atoms with Gasteiger partial charge in [-0.2, -0.15) is 11.8 Å². The topological polar surface area (TPSA) is 38.0 Å². The Labute approximate surface area is 103 Å². The van der Waals surface area contributed by atoms with Crippen LogP contribution in [0, 0.1) is 0 Å². The molecule has 0 aliphatic heterocycles. The van der Waals surface area contributed by atoms with Crippen LogP contribution in [-0.2, 0) is 6.42 Å². The third kappa shape index (κ3) is 4.16. The smallest absolute Gasteiger partial charge is 0.0341 e. The summed E-state index contributed by atoms with van der Waals surface area (Å²) in [7, 11) is 0. The lowest BCUT2D eigenvalue weighted by Crippen LogP contribution is -2.38. The SMILES string of the molecule is CSCC(Cc1ccc(C(C)C)cc1)NN. The molecular weight excluding hydrogens is 216 g/mol. The Morgan fingerprint density at radius 2 is 1.88 bits per heavy atom. The van der Waals surface area contributed by atoms with Crippen molar-refractivity contribution < 1.29 is 0 Å². The summed E-state index contributed by atoms with van der Waals surface area (Å²) in [5.74, 6) is 7.17. The fourth-order valence-corrected chi connectivity index (χ4v) is 2.31. The number of thioether (sulfide) groups is 1. The standard InChI is InChI=1S/C13H22N2S/c1-10(2)12-6-4-11(5-7-12)8-13(15-14)9-16-3/h4-7,10,13,15H,8-9,14H2,1-3H3. The quantitative estimate of drug-likeness (QED) is 0.591. The van der Waals surface area contributed by atoms with Crippen LogP contribution in [0.2, 0.25) is 0 Å². The first kappa shape index (κ1) is 13.6. The van der Waals surface area contributed by atoms with Gasteiger partial charge < -0.3 is 0 Å². The lowest BCUT2D eigenvalue weighted by Gasteiger charge is -2.15. The van der Waals surface area contributed by atoms with E-state index in [2.05, 4.69) is 49.8 Å². The average molecular weight is 238 g/mol. The highest BCUT2D eigenvalue weighted by Gasteiger charge is 2.07. The Morgan fingerprint density at radius 1 is 1.25 bits per heavy atom. The molecular formula is C13H22N2S. The number of rotatable bonds is 6. The predicted molar refractivity (Wildman–Crippen MR) is 73.7 cm³/mol. The molecule has 0 spiro atoms. The molecule has 16 heavy (non-hydrogen) atoms. The third-order valence-electron chi connectivity index (χ3n) is 2.73. The maximum Gasteiger partial charge on any atom is 0.0341 e. The summed E-state index contributed by atoms with van der Waals surface area (Å²) >= 11 is 1.82. The Morgan fingerprint density at radius 3 is 2.31 bits per heavy atom. The van der Waals surface area contributed by atoms with Gasteiger partial charge in [0.05, 0.1) is 0 Å². The summed E-state index contributed by atoms with van der Waals surface area (Å²) in [5, 5.41) is 0. The number of nitrogens with two attached hydrogens (primary N) is 1. The number of hydrogen-bond donors (Lipinski definition) is 2. The molecule has 1 aromatic rings. The van der Waals surface area contributed by atoms with Gasteiger partial charge >= 0.3 is 0 Å². The number of hydrazine groups is 1. The van der Waals surface area contributed by atoms with Crippen molar-refractivity contribution in [3.8, 4) is 0 Å². The molecule has 0 aromatic heterocycles. The van der Waals surface area contributed by atoms with Gasteiger partial charge in [-0.1, -0.05) is 38.1 Å². The highest BCUT2D eigenvalue weighted by atomic mass is 32.2. The number of nitrogens with one attached hydrogen (secondary N) is 1. The molecule has 0 aliphatic rings. The zero-order valence-electron chi connectivity index (χ0n) is 10.4. The molecule has 2 nitrogen and oxygen atoms in total. The minimum absolute atomic E-state index is 0.361. The van der Waals surface area contributed by atoms with Crippen LogP contribution in [0.5, 0.6) is 0 Å². The van der Waals surface area contributed by atoms with E-state index in [1.165, 1.54) is 11.1 Å². The van der Waals surface area contributed by atoms with E-state index in [9.17, 15) is 0 Å². The van der Waals surface area contributed by atoms with Crippen LogP contribution in [0.4, 0.5) is 0 Å². The van der Waals surface area contributed by atoms with Gasteiger partial charge in [-0.3, -0.25) is 11.3 Å². The number of hydrogen-bond acceptors (Lipinski definition) is 3. The van der Waals surface area contributed by atoms with E-state index >= 15 is 0 Å². The van der Waals surface area contributed by atoms with Gasteiger partial charge in [0.15, 0.2) is 0 Å². The molecule has 1 rings (SSSR count). The van der Waals surface area contributed by atoms with Gasteiger partial charge in [-0.05, 0) is 29.7 Å². The molecule has 0 saturated carbocycles. The van der Waals surface area contributed by atoms with Gasteiger partial charge in [-0.15, -0.1) is 0 Å². The van der Waals surface area contributed by atoms with E-state index < -0.39 is 0 Å². The van der Waals surface area contributed by atoms with E-state index in [1.54, 1.807) is 0 Å². The maximum absolute atomic E-state index is 5.52. The Balaban J connectivity index is 2.60. The normalized spacial score (nSPS) is 13.1. The lowest BCUT2D eigenvalue weighted by molar-refractivity contribution is 0.575. The van der Waals surface area contributed by atoms with Gasteiger partial charge in [0.2, 0.25) is 0 Å². The molecule has 1 unspecified atom stereocenters. The summed E-state index contributed by atoms with van der Waals surface area (Å²) in [5.41, 5.74) is 5.61. The third-order valence-corrected chi connectivity index (χ3v) is 3.47. The van der Waals surface area contributed by atoms with Crippen molar-refractivity contribution in [3.05, 3.63) is 35.4 Å². The first-order chi connectivity index (χ1) is 7.67. The van der Waals surface area contributed by atoms with Gasteiger partial charge in [-0.25, -0.2) is 0 Å². The molecule has 0 amide bonds. The van der Waals surface area contributed by atoms with E-state index in [0.29, 0.717) is 12.0 Å². The first-order valence-electron chi connectivity index (χ1n) is 5.71. The first-order valence-corrected chi connectivity index (χ1v) is 7.10. The van der Waals surface area contributed by atoms with Crippen LogP contribution in [0.15, 0.2) is 24.3 Å². The molecule has 0 bridgehead atoms. The maximum atomic E-state index is 5.52. The van der Waals surface area contributed by atoms with E-state index in [-0.39, 0.29) is 0 Å². The molecule has 0 heterocycles. The van der Waals surface area contributed by atoms with Gasteiger partial charge in [0.1, 0.15) is 0 Å². The monoisotopic (exact) mass is 238 g/mol. The second-order valence-electron chi connectivity index (χ2n) is 4.42. The van der Waals surface area contributed by atoms with Gasteiger partial charge in [0, 0.05) is 11.8 Å². The molecule has 1 atom stereocenters. The van der Waals surface area contributed by atoms with Crippen LogP contribution >= 0.6 is 11.8 Å². The lowest BCUT2D eigenvalue weighted by atomic mass is 9.99. The highest BCUT2D eigenvalue weighted by molar-refractivity contribution is 7.98. The van der Waals surface area contributed by atoms with Gasteiger partial charge in [0.25, 0.3) is 0 Å². The van der Waals surface area contributed by atoms with Crippen molar-refractivity contribution >= 4 is 11.8 Å². The summed E-state index contributed by atoms with van der Waals surface area (Å²) in [6, 6.07) is 9.21. The van der Waals surface area contributed by atoms with E-state index in [4.69, 9.17) is 5.84 Å². The van der Waals surface area contributed by atoms with Crippen LogP contribution in [-0.4, -0.2) is 18.1 Å². The van der Waals surface area contributed by atoms with E-state index in [1.807, 2.05) is 11.8 Å². The minimum Gasteiger partial charge on any atom is -0.271 e. The average Bonchev–Trinajstić information content (AvgIpc) is 2.29. The van der Waals surface area contributed by atoms with Crippen LogP contribution < -0.4 is 11.3 Å². The van der Waals surface area contributed by atoms with Crippen molar-refractivity contribution in [2.75, 3.05) is 12.0 Å². The zero-order chi connectivity index (χ0) is 12.0. The molecule has 1 aromatic carbocycles. The van der Waals surface area contributed by atoms with Crippen LogP contribution in [0.25, 0.3) is 0 Å². The second-order valence-corrected chi connectivity index (χ2v) is 5.33. The molecule has 0 radical (unpaired) electrons. The van der Waals surface area contributed by atoms with Crippen LogP contribution in [0.3, 0.4) is 0 Å². The fourth-order valence-electron chi connectivity index (χ4n) is 1.69. The fraction of sp³-hybridized carbons (Fsp3) is 0.538. The van der Waals surface area contributed by atoms with Crippen molar-refractivity contribution in [3.63, 3.8) is 0 Å². The Kier molecular flexibility index (Phi) is 5.88. The number of benzene rings is 1. The predicted octanol–water partition coefficient (Wildman–Crippen LogP) is 2.55.